The zero-order valence-corrected chi connectivity index (χ0v) is 10.2. The molecule has 16 heavy (non-hydrogen) atoms. The Labute approximate surface area is 97.8 Å². The minimum Gasteiger partial charge on any atom is -0.154 e. The van der Waals surface area contributed by atoms with Crippen LogP contribution in [0.25, 0.3) is 0 Å². The fourth-order valence-electron chi connectivity index (χ4n) is 2.17. The number of rotatable bonds is 5. The molecule has 0 atom stereocenters. The van der Waals surface area contributed by atoms with Crippen LogP contribution in [0.5, 0.6) is 0 Å². The highest BCUT2D eigenvalue weighted by Crippen LogP contribution is 2.27. The molecule has 0 fully saturated rings. The van der Waals surface area contributed by atoms with Crippen molar-refractivity contribution in [3.8, 4) is 0 Å². The lowest BCUT2D eigenvalue weighted by molar-refractivity contribution is 0.682. The lowest BCUT2D eigenvalue weighted by Gasteiger charge is -2.05. The van der Waals surface area contributed by atoms with Gasteiger partial charge in [-0.3, -0.25) is 0 Å². The van der Waals surface area contributed by atoms with E-state index in [4.69, 9.17) is 0 Å². The van der Waals surface area contributed by atoms with E-state index in [1.807, 2.05) is 12.1 Å². The Morgan fingerprint density at radius 1 is 1.12 bits per heavy atom. The highest BCUT2D eigenvalue weighted by atomic mass is 15.3. The van der Waals surface area contributed by atoms with Gasteiger partial charge in [-0.2, -0.15) is 10.5 Å². The third kappa shape index (κ3) is 2.26. The molecule has 0 spiro atoms. The smallest absolute Gasteiger partial charge is 0.0950 e. The molecule has 2 heteroatoms. The van der Waals surface area contributed by atoms with Crippen LogP contribution in [0.2, 0.25) is 0 Å². The fraction of sp³-hybridized carbons (Fsp3) is 0.500. The van der Waals surface area contributed by atoms with Gasteiger partial charge in [0.05, 0.1) is 11.4 Å². The van der Waals surface area contributed by atoms with E-state index in [1.165, 1.54) is 42.5 Å². The third-order valence-corrected chi connectivity index (χ3v) is 3.08. The van der Waals surface area contributed by atoms with Crippen molar-refractivity contribution in [3.63, 3.8) is 0 Å². The first-order valence-corrected chi connectivity index (χ1v) is 6.20. The molecule has 0 bridgehead atoms. The van der Waals surface area contributed by atoms with Crippen molar-refractivity contribution in [1.82, 2.24) is 5.43 Å². The normalized spacial score (nSPS) is 13.2. The molecular weight excluding hydrogens is 196 g/mol. The fourth-order valence-corrected chi connectivity index (χ4v) is 2.17. The maximum atomic E-state index is 4.30. The lowest BCUT2D eigenvalue weighted by atomic mass is 9.98. The van der Waals surface area contributed by atoms with E-state index in [0.717, 1.165) is 12.1 Å². The van der Waals surface area contributed by atoms with Gasteiger partial charge >= 0.3 is 0 Å². The number of unbranched alkanes of at least 4 members (excludes halogenated alkanes) is 3. The van der Waals surface area contributed by atoms with Gasteiger partial charge in [-0.1, -0.05) is 38.3 Å². The van der Waals surface area contributed by atoms with Crippen LogP contribution < -0.4 is 5.43 Å². The molecule has 0 aromatic heterocycles. The van der Waals surface area contributed by atoms with Crippen molar-refractivity contribution in [2.45, 2.75) is 46.0 Å². The van der Waals surface area contributed by atoms with Gasteiger partial charge in [0, 0.05) is 5.56 Å². The molecule has 0 aliphatic carbocycles. The first kappa shape index (κ1) is 11.2. The Hall–Kier alpha value is -1.31. The second kappa shape index (κ2) is 5.15. The second-order valence-corrected chi connectivity index (χ2v) is 4.43. The van der Waals surface area contributed by atoms with Crippen LogP contribution in [0.15, 0.2) is 23.3 Å². The molecule has 1 aromatic carbocycles. The van der Waals surface area contributed by atoms with Gasteiger partial charge in [-0.15, -0.1) is 0 Å². The van der Waals surface area contributed by atoms with Crippen molar-refractivity contribution in [3.05, 3.63) is 29.3 Å². The Morgan fingerprint density at radius 2 is 2.00 bits per heavy atom. The van der Waals surface area contributed by atoms with Gasteiger partial charge in [0.2, 0.25) is 0 Å². The molecule has 1 aliphatic heterocycles. The predicted molar refractivity (Wildman–Crippen MR) is 68.3 cm³/mol. The third-order valence-electron chi connectivity index (χ3n) is 3.08. The van der Waals surface area contributed by atoms with E-state index in [0.29, 0.717) is 0 Å². The molecule has 85 valence electrons. The number of fused-ring (bicyclic) bond motifs is 1. The molecule has 1 heterocycles. The van der Waals surface area contributed by atoms with Crippen LogP contribution >= 0.6 is 0 Å². The van der Waals surface area contributed by atoms with E-state index >= 15 is 0 Å². The van der Waals surface area contributed by atoms with E-state index in [9.17, 15) is 0 Å². The summed E-state index contributed by atoms with van der Waals surface area (Å²) in [6.07, 6.45) is 6.21. The average molecular weight is 215 g/mol. The van der Waals surface area contributed by atoms with E-state index in [-0.39, 0.29) is 0 Å². The Bertz CT molecular complexity index is 394. The molecule has 2 nitrogen and oxygen atoms in total. The number of nitrogens with zero attached hydrogens (tertiary/aromatic N) is 2. The van der Waals surface area contributed by atoms with Crippen LogP contribution in [0, 0.1) is 6.92 Å². The molecule has 0 saturated heterocycles. The van der Waals surface area contributed by atoms with Crippen LogP contribution in [-0.2, 0) is 0 Å². The largest absolute Gasteiger partial charge is 0.154 e. The number of aryl methyl sites for hydroxylation is 1. The van der Waals surface area contributed by atoms with E-state index in [1.54, 1.807) is 0 Å². The summed E-state index contributed by atoms with van der Waals surface area (Å²) in [6, 6.07) is 6.24. The summed E-state index contributed by atoms with van der Waals surface area (Å²) in [5.74, 6) is 0. The Balaban J connectivity index is 2.00. The summed E-state index contributed by atoms with van der Waals surface area (Å²) in [4.78, 5) is 0. The molecule has 1 aliphatic rings. The average Bonchev–Trinajstić information content (AvgIpc) is 2.69. The molecule has 1 radical (unpaired) electrons. The Kier molecular flexibility index (Phi) is 3.60. The number of hydrogen-bond acceptors (Lipinski definition) is 1. The summed E-state index contributed by atoms with van der Waals surface area (Å²) in [7, 11) is 0. The number of benzene rings is 1. The van der Waals surface area contributed by atoms with Gasteiger partial charge in [-0.05, 0) is 31.4 Å². The molecule has 2 rings (SSSR count). The van der Waals surface area contributed by atoms with E-state index < -0.39 is 0 Å². The monoisotopic (exact) mass is 215 g/mol. The maximum Gasteiger partial charge on any atom is 0.0950 e. The second-order valence-electron chi connectivity index (χ2n) is 4.43. The van der Waals surface area contributed by atoms with Gasteiger partial charge in [0.25, 0.3) is 0 Å². The van der Waals surface area contributed by atoms with Crippen molar-refractivity contribution in [2.75, 3.05) is 0 Å². The summed E-state index contributed by atoms with van der Waals surface area (Å²) in [6.45, 7) is 4.38. The molecule has 0 N–H and O–H groups in total. The first-order valence-electron chi connectivity index (χ1n) is 6.20. The van der Waals surface area contributed by atoms with Crippen molar-refractivity contribution in [1.29, 1.82) is 0 Å². The van der Waals surface area contributed by atoms with Gasteiger partial charge < -0.3 is 0 Å². The summed E-state index contributed by atoms with van der Waals surface area (Å²) in [5.41, 5.74) is 9.04. The van der Waals surface area contributed by atoms with Gasteiger partial charge in [0.1, 0.15) is 0 Å². The highest BCUT2D eigenvalue weighted by molar-refractivity contribution is 6.07. The van der Waals surface area contributed by atoms with Gasteiger partial charge in [-0.25, -0.2) is 0 Å². The number of hydrogen-bond donors (Lipinski definition) is 0. The molecular formula is C14H19N2. The predicted octanol–water partition coefficient (Wildman–Crippen LogP) is 3.92. The van der Waals surface area contributed by atoms with Crippen LogP contribution in [0.1, 0.15) is 50.2 Å². The SMILES string of the molecule is CCCCCCC1=N[N]c2cccc(C)c21. The topological polar surface area (TPSA) is 26.5 Å². The Morgan fingerprint density at radius 3 is 2.81 bits per heavy atom. The van der Waals surface area contributed by atoms with E-state index in [2.05, 4.69) is 30.4 Å². The lowest BCUT2D eigenvalue weighted by Crippen LogP contribution is -1.99. The maximum absolute atomic E-state index is 4.30. The minimum atomic E-state index is 1.05. The van der Waals surface area contributed by atoms with Crippen LogP contribution in [-0.4, -0.2) is 5.71 Å². The zero-order valence-electron chi connectivity index (χ0n) is 10.2. The first-order chi connectivity index (χ1) is 7.83. The molecule has 0 unspecified atom stereocenters. The van der Waals surface area contributed by atoms with Crippen molar-refractivity contribution in [2.24, 2.45) is 5.10 Å². The van der Waals surface area contributed by atoms with Crippen LogP contribution in [0.3, 0.4) is 0 Å². The molecule has 0 saturated carbocycles. The standard InChI is InChI=1S/C14H19N2/c1-3-4-5-6-9-12-14-11(2)8-7-10-13(14)16-15-12/h7-8,10H,3-6,9H2,1-2H3. The molecule has 1 aromatic rings. The summed E-state index contributed by atoms with van der Waals surface area (Å²) in [5, 5.41) is 4.30. The zero-order chi connectivity index (χ0) is 11.4. The summed E-state index contributed by atoms with van der Waals surface area (Å²) < 4.78 is 0. The molecule has 0 amide bonds. The van der Waals surface area contributed by atoms with Crippen molar-refractivity contribution < 1.29 is 0 Å². The van der Waals surface area contributed by atoms with Gasteiger partial charge in [0.15, 0.2) is 0 Å². The highest BCUT2D eigenvalue weighted by Gasteiger charge is 2.18. The van der Waals surface area contributed by atoms with Crippen LogP contribution in [0.4, 0.5) is 5.69 Å². The minimum absolute atomic E-state index is 1.05. The quantitative estimate of drug-likeness (QED) is 0.666. The summed E-state index contributed by atoms with van der Waals surface area (Å²) >= 11 is 0. The van der Waals surface area contributed by atoms with Crippen molar-refractivity contribution >= 4 is 11.4 Å².